The summed E-state index contributed by atoms with van der Waals surface area (Å²) in [6, 6.07) is 0. The molecule has 11 heavy (non-hydrogen) atoms. The Hall–Kier alpha value is -0.280. The molecule has 3 nitrogen and oxygen atoms in total. The first kappa shape index (κ1) is 10.7. The number of carbonyl (C=O) groups is 1. The number of halogens is 1. The highest BCUT2D eigenvalue weighted by Crippen LogP contribution is 2.41. The highest BCUT2D eigenvalue weighted by atomic mass is 35.5. The van der Waals surface area contributed by atoms with Crippen LogP contribution in [0.1, 0.15) is 20.3 Å². The summed E-state index contributed by atoms with van der Waals surface area (Å²) in [7, 11) is 0. The van der Waals surface area contributed by atoms with Crippen LogP contribution in [0.4, 0.5) is 0 Å². The maximum Gasteiger partial charge on any atom is 0.326 e. The van der Waals surface area contributed by atoms with Crippen molar-refractivity contribution in [1.29, 1.82) is 0 Å². The molecule has 0 aliphatic heterocycles. The van der Waals surface area contributed by atoms with Gasteiger partial charge >= 0.3 is 5.97 Å². The molecule has 0 bridgehead atoms. The SMILES string of the molecule is CCOC(=O)C1(N)CC1C.Cl. The van der Waals surface area contributed by atoms with Gasteiger partial charge in [-0.05, 0) is 19.3 Å². The first-order valence-electron chi connectivity index (χ1n) is 3.57. The second-order valence-corrected chi connectivity index (χ2v) is 2.87. The lowest BCUT2D eigenvalue weighted by Crippen LogP contribution is -2.36. The van der Waals surface area contributed by atoms with E-state index in [0.717, 1.165) is 6.42 Å². The Morgan fingerprint density at radius 2 is 2.27 bits per heavy atom. The van der Waals surface area contributed by atoms with Crippen molar-refractivity contribution in [3.8, 4) is 0 Å². The normalized spacial score (nSPS) is 33.9. The number of hydrogen-bond donors (Lipinski definition) is 1. The number of hydrogen-bond acceptors (Lipinski definition) is 3. The Bertz CT molecular complexity index is 163. The van der Waals surface area contributed by atoms with Crippen LogP contribution in [0.25, 0.3) is 0 Å². The molecule has 1 fully saturated rings. The fourth-order valence-electron chi connectivity index (χ4n) is 0.998. The van der Waals surface area contributed by atoms with Crippen molar-refractivity contribution in [3.05, 3.63) is 0 Å². The molecule has 0 radical (unpaired) electrons. The molecule has 1 rings (SSSR count). The predicted octanol–water partition coefficient (Wildman–Crippen LogP) is 0.709. The van der Waals surface area contributed by atoms with Gasteiger partial charge < -0.3 is 10.5 Å². The van der Waals surface area contributed by atoms with E-state index in [1.807, 2.05) is 6.92 Å². The third-order valence-corrected chi connectivity index (χ3v) is 2.02. The van der Waals surface area contributed by atoms with Crippen molar-refractivity contribution in [3.63, 3.8) is 0 Å². The van der Waals surface area contributed by atoms with Crippen molar-refractivity contribution < 1.29 is 9.53 Å². The van der Waals surface area contributed by atoms with Gasteiger partial charge in [-0.1, -0.05) is 6.92 Å². The molecule has 66 valence electrons. The minimum Gasteiger partial charge on any atom is -0.465 e. The standard InChI is InChI=1S/C7H13NO2.ClH/c1-3-10-6(9)7(8)4-5(7)2;/h5H,3-4,8H2,1-2H3;1H. The minimum absolute atomic E-state index is 0. The van der Waals surface area contributed by atoms with Gasteiger partial charge in [0.1, 0.15) is 5.54 Å². The number of esters is 1. The molecule has 0 heterocycles. The van der Waals surface area contributed by atoms with Gasteiger partial charge in [-0.15, -0.1) is 12.4 Å². The molecular formula is C7H14ClNO2. The first-order chi connectivity index (χ1) is 4.61. The van der Waals surface area contributed by atoms with Gasteiger partial charge in [0.05, 0.1) is 6.61 Å². The zero-order valence-electron chi connectivity index (χ0n) is 6.79. The van der Waals surface area contributed by atoms with Crippen LogP contribution in [0.15, 0.2) is 0 Å². The molecule has 0 aromatic heterocycles. The lowest BCUT2D eigenvalue weighted by Gasteiger charge is -2.07. The van der Waals surface area contributed by atoms with Gasteiger partial charge in [-0.25, -0.2) is 0 Å². The van der Waals surface area contributed by atoms with E-state index in [9.17, 15) is 4.79 Å². The number of rotatable bonds is 2. The second-order valence-electron chi connectivity index (χ2n) is 2.87. The van der Waals surface area contributed by atoms with Crippen LogP contribution in [0.3, 0.4) is 0 Å². The van der Waals surface area contributed by atoms with E-state index in [4.69, 9.17) is 10.5 Å². The Kier molecular flexibility index (Phi) is 3.32. The summed E-state index contributed by atoms with van der Waals surface area (Å²) in [6.45, 7) is 4.16. The molecule has 4 heteroatoms. The van der Waals surface area contributed by atoms with Crippen molar-refractivity contribution in [2.45, 2.75) is 25.8 Å². The molecule has 0 aromatic carbocycles. The Labute approximate surface area is 72.7 Å². The van der Waals surface area contributed by atoms with Crippen LogP contribution in [-0.4, -0.2) is 18.1 Å². The number of nitrogens with two attached hydrogens (primary N) is 1. The van der Waals surface area contributed by atoms with E-state index >= 15 is 0 Å². The quantitative estimate of drug-likeness (QED) is 0.636. The van der Waals surface area contributed by atoms with E-state index in [1.54, 1.807) is 6.92 Å². The van der Waals surface area contributed by atoms with Crippen LogP contribution in [-0.2, 0) is 9.53 Å². The van der Waals surface area contributed by atoms with E-state index in [0.29, 0.717) is 12.5 Å². The monoisotopic (exact) mass is 179 g/mol. The zero-order chi connectivity index (χ0) is 7.78. The summed E-state index contributed by atoms with van der Waals surface area (Å²) < 4.78 is 4.78. The van der Waals surface area contributed by atoms with Gasteiger partial charge in [0, 0.05) is 0 Å². The van der Waals surface area contributed by atoms with Gasteiger partial charge in [-0.3, -0.25) is 4.79 Å². The lowest BCUT2D eigenvalue weighted by atomic mass is 10.2. The topological polar surface area (TPSA) is 52.3 Å². The Morgan fingerprint density at radius 3 is 2.55 bits per heavy atom. The number of carbonyl (C=O) groups excluding carboxylic acids is 1. The Morgan fingerprint density at radius 1 is 1.82 bits per heavy atom. The fourth-order valence-corrected chi connectivity index (χ4v) is 0.998. The summed E-state index contributed by atoms with van der Waals surface area (Å²) in [5.74, 6) is 0.0500. The summed E-state index contributed by atoms with van der Waals surface area (Å²) >= 11 is 0. The molecule has 0 aromatic rings. The van der Waals surface area contributed by atoms with Gasteiger partial charge in [0.15, 0.2) is 0 Å². The van der Waals surface area contributed by atoms with Crippen LogP contribution < -0.4 is 5.73 Å². The predicted molar refractivity (Wildman–Crippen MR) is 44.6 cm³/mol. The van der Waals surface area contributed by atoms with Gasteiger partial charge in [0.2, 0.25) is 0 Å². The fraction of sp³-hybridized carbons (Fsp3) is 0.857. The smallest absolute Gasteiger partial charge is 0.326 e. The summed E-state index contributed by atoms with van der Waals surface area (Å²) in [6.07, 6.45) is 0.770. The van der Waals surface area contributed by atoms with Crippen LogP contribution in [0.5, 0.6) is 0 Å². The molecule has 0 saturated heterocycles. The van der Waals surface area contributed by atoms with E-state index in [2.05, 4.69) is 0 Å². The average molecular weight is 180 g/mol. The zero-order valence-corrected chi connectivity index (χ0v) is 7.61. The third kappa shape index (κ3) is 1.84. The van der Waals surface area contributed by atoms with Crippen molar-refractivity contribution in [2.75, 3.05) is 6.61 Å². The third-order valence-electron chi connectivity index (χ3n) is 2.02. The maximum atomic E-state index is 11.0. The highest BCUT2D eigenvalue weighted by molar-refractivity contribution is 5.85. The van der Waals surface area contributed by atoms with Crippen molar-refractivity contribution in [1.82, 2.24) is 0 Å². The second kappa shape index (κ2) is 3.41. The van der Waals surface area contributed by atoms with Crippen LogP contribution in [0, 0.1) is 5.92 Å². The summed E-state index contributed by atoms with van der Waals surface area (Å²) in [5, 5.41) is 0. The molecule has 2 atom stereocenters. The summed E-state index contributed by atoms with van der Waals surface area (Å²) in [4.78, 5) is 11.0. The van der Waals surface area contributed by atoms with Gasteiger partial charge in [0.25, 0.3) is 0 Å². The van der Waals surface area contributed by atoms with E-state index in [-0.39, 0.29) is 18.4 Å². The molecule has 0 amide bonds. The molecule has 1 saturated carbocycles. The van der Waals surface area contributed by atoms with Crippen LogP contribution >= 0.6 is 12.4 Å². The maximum absolute atomic E-state index is 11.0. The molecule has 0 spiro atoms. The molecule has 2 unspecified atom stereocenters. The first-order valence-corrected chi connectivity index (χ1v) is 3.57. The van der Waals surface area contributed by atoms with Crippen molar-refractivity contribution >= 4 is 18.4 Å². The Balaban J connectivity index is 0.000001000. The summed E-state index contributed by atoms with van der Waals surface area (Å²) in [5.41, 5.74) is 5.00. The molecule has 1 aliphatic carbocycles. The number of ether oxygens (including phenoxy) is 1. The van der Waals surface area contributed by atoms with Crippen molar-refractivity contribution in [2.24, 2.45) is 11.7 Å². The molecular weight excluding hydrogens is 166 g/mol. The van der Waals surface area contributed by atoms with Crippen LogP contribution in [0.2, 0.25) is 0 Å². The lowest BCUT2D eigenvalue weighted by molar-refractivity contribution is -0.146. The van der Waals surface area contributed by atoms with E-state index in [1.165, 1.54) is 0 Å². The van der Waals surface area contributed by atoms with Gasteiger partial charge in [-0.2, -0.15) is 0 Å². The highest BCUT2D eigenvalue weighted by Gasteiger charge is 2.55. The minimum atomic E-state index is -0.643. The molecule has 2 N–H and O–H groups in total. The largest absolute Gasteiger partial charge is 0.465 e. The molecule has 1 aliphatic rings. The average Bonchev–Trinajstić information content (AvgIpc) is 2.43. The van der Waals surface area contributed by atoms with E-state index < -0.39 is 5.54 Å².